The Morgan fingerprint density at radius 1 is 1.77 bits per heavy atom. The van der Waals surface area contributed by atoms with Gasteiger partial charge in [0.1, 0.15) is 17.6 Å². The highest BCUT2D eigenvalue weighted by Gasteiger charge is 2.41. The second-order valence-electron chi connectivity index (χ2n) is 2.57. The van der Waals surface area contributed by atoms with Crippen LogP contribution in [0.15, 0.2) is 0 Å². The number of hydrogen-bond acceptors (Lipinski definition) is 5. The molecule has 3 atom stereocenters. The molecule has 1 N–H and O–H groups in total. The molecule has 1 rings (SSSR count). The van der Waals surface area contributed by atoms with Crippen LogP contribution in [0.3, 0.4) is 0 Å². The molecule has 1 radical (unpaired) electrons. The Labute approximate surface area is 81.2 Å². The summed E-state index contributed by atoms with van der Waals surface area (Å²) < 4.78 is 25.8. The molecule has 0 aromatic carbocycles. The van der Waals surface area contributed by atoms with Crippen LogP contribution in [0, 0.1) is 0 Å². The van der Waals surface area contributed by atoms with Crippen LogP contribution in [-0.2, 0) is 24.7 Å². The van der Waals surface area contributed by atoms with Gasteiger partial charge in [-0.25, -0.2) is 0 Å². The molecule has 1 aliphatic rings. The highest BCUT2D eigenvalue weighted by atomic mass is 32.2. The fraction of sp³-hybridized carbons (Fsp3) is 1.00. The maximum absolute atomic E-state index is 11.1. The van der Waals surface area contributed by atoms with E-state index in [-0.39, 0.29) is 12.7 Å². The molecular formula is C6H14O5PS. The molecule has 79 valence electrons. The van der Waals surface area contributed by atoms with Gasteiger partial charge in [-0.1, -0.05) is 11.2 Å². The predicted octanol–water partition coefficient (Wildman–Crippen LogP) is 0.487. The summed E-state index contributed by atoms with van der Waals surface area (Å²) in [5.41, 5.74) is 0. The summed E-state index contributed by atoms with van der Waals surface area (Å²) in [7, 11) is -1.73. The molecule has 0 bridgehead atoms. The Balaban J connectivity index is 2.33. The summed E-state index contributed by atoms with van der Waals surface area (Å²) in [5.74, 6) is 0.978. The fourth-order valence-electron chi connectivity index (χ4n) is 0.926. The molecule has 1 heterocycles. The van der Waals surface area contributed by atoms with E-state index in [1.807, 2.05) is 6.92 Å². The van der Waals surface area contributed by atoms with E-state index >= 15 is 0 Å². The van der Waals surface area contributed by atoms with Crippen molar-refractivity contribution in [1.29, 1.82) is 0 Å². The first-order valence-electron chi connectivity index (χ1n) is 3.95. The van der Waals surface area contributed by atoms with Crippen LogP contribution in [0.4, 0.5) is 0 Å². The van der Waals surface area contributed by atoms with Gasteiger partial charge in [0.15, 0.2) is 0 Å². The summed E-state index contributed by atoms with van der Waals surface area (Å²) in [6, 6.07) is 0. The van der Waals surface area contributed by atoms with E-state index < -0.39 is 19.3 Å². The van der Waals surface area contributed by atoms with Crippen molar-refractivity contribution >= 4 is 19.3 Å². The van der Waals surface area contributed by atoms with Crippen molar-refractivity contribution in [2.24, 2.45) is 0 Å². The first-order valence-corrected chi connectivity index (χ1v) is 6.93. The van der Waals surface area contributed by atoms with Crippen LogP contribution in [0.25, 0.3) is 0 Å². The molecule has 1 fully saturated rings. The van der Waals surface area contributed by atoms with Crippen LogP contribution in [0.1, 0.15) is 6.92 Å². The first kappa shape index (κ1) is 11.7. The van der Waals surface area contributed by atoms with E-state index in [4.69, 9.17) is 9.05 Å². The first-order chi connectivity index (χ1) is 6.09. The van der Waals surface area contributed by atoms with Gasteiger partial charge in [0.05, 0.1) is 6.61 Å². The standard InChI is InChI=1S/C6H14O5PS/c1-3-13(8)5-6-4-10-12(7,9-2)11-6/h6-7H,3-5H2,1-2H3. The van der Waals surface area contributed by atoms with Gasteiger partial charge in [0.25, 0.3) is 0 Å². The van der Waals surface area contributed by atoms with Crippen molar-refractivity contribution in [3.05, 3.63) is 0 Å². The van der Waals surface area contributed by atoms with Crippen LogP contribution in [0.5, 0.6) is 0 Å². The van der Waals surface area contributed by atoms with Crippen molar-refractivity contribution in [2.45, 2.75) is 13.0 Å². The molecule has 1 aliphatic heterocycles. The minimum atomic E-state index is -3.06. The van der Waals surface area contributed by atoms with Gasteiger partial charge in [0.2, 0.25) is 0 Å². The van der Waals surface area contributed by atoms with E-state index in [0.29, 0.717) is 11.5 Å². The molecule has 1 saturated heterocycles. The van der Waals surface area contributed by atoms with Gasteiger partial charge < -0.3 is 14.0 Å². The van der Waals surface area contributed by atoms with E-state index in [1.54, 1.807) is 0 Å². The predicted molar refractivity (Wildman–Crippen MR) is 50.5 cm³/mol. The lowest BCUT2D eigenvalue weighted by atomic mass is 10.4. The summed E-state index contributed by atoms with van der Waals surface area (Å²) in [5, 5.41) is 0. The quantitative estimate of drug-likeness (QED) is 0.561. The maximum Gasteiger partial charge on any atom is 0.378 e. The van der Waals surface area contributed by atoms with Gasteiger partial charge >= 0.3 is 8.17 Å². The van der Waals surface area contributed by atoms with Crippen molar-refractivity contribution in [2.75, 3.05) is 25.2 Å². The molecule has 0 saturated carbocycles. The van der Waals surface area contributed by atoms with E-state index in [2.05, 4.69) is 4.52 Å². The summed E-state index contributed by atoms with van der Waals surface area (Å²) in [4.78, 5) is 9.40. The third kappa shape index (κ3) is 3.32. The Hall–Kier alpha value is 0.580. The zero-order chi connectivity index (χ0) is 9.90. The minimum absolute atomic E-state index is 0.254. The van der Waals surface area contributed by atoms with Crippen molar-refractivity contribution < 1.29 is 23.0 Å². The van der Waals surface area contributed by atoms with Crippen molar-refractivity contribution in [3.8, 4) is 0 Å². The average Bonchev–Trinajstić information content (AvgIpc) is 2.48. The van der Waals surface area contributed by atoms with Crippen LogP contribution < -0.4 is 0 Å². The van der Waals surface area contributed by atoms with Crippen LogP contribution in [-0.4, -0.2) is 40.8 Å². The second-order valence-corrected chi connectivity index (χ2v) is 6.13. The molecule has 13 heavy (non-hydrogen) atoms. The molecule has 7 heteroatoms. The third-order valence-corrected chi connectivity index (χ3v) is 4.52. The van der Waals surface area contributed by atoms with E-state index in [0.717, 1.165) is 0 Å². The Kier molecular flexibility index (Phi) is 4.38. The van der Waals surface area contributed by atoms with E-state index in [1.165, 1.54) is 7.11 Å². The lowest BCUT2D eigenvalue weighted by Crippen LogP contribution is -2.23. The molecular weight excluding hydrogens is 215 g/mol. The molecule has 0 aromatic heterocycles. The third-order valence-electron chi connectivity index (χ3n) is 1.63. The number of rotatable bonds is 4. The van der Waals surface area contributed by atoms with Crippen LogP contribution in [0.2, 0.25) is 0 Å². The fourth-order valence-corrected chi connectivity index (χ4v) is 2.96. The van der Waals surface area contributed by atoms with Gasteiger partial charge in [-0.3, -0.25) is 9.05 Å². The molecule has 3 unspecified atom stereocenters. The highest BCUT2D eigenvalue weighted by molar-refractivity contribution is 7.91. The van der Waals surface area contributed by atoms with Crippen LogP contribution >= 0.6 is 8.17 Å². The molecule has 0 spiro atoms. The zero-order valence-electron chi connectivity index (χ0n) is 7.63. The Morgan fingerprint density at radius 2 is 2.46 bits per heavy atom. The topological polar surface area (TPSA) is 71.0 Å². The molecule has 5 nitrogen and oxygen atoms in total. The zero-order valence-corrected chi connectivity index (χ0v) is 9.35. The minimum Gasteiger partial charge on any atom is -0.616 e. The monoisotopic (exact) mass is 229 g/mol. The van der Waals surface area contributed by atoms with E-state index in [9.17, 15) is 9.45 Å². The van der Waals surface area contributed by atoms with Crippen molar-refractivity contribution in [3.63, 3.8) is 0 Å². The summed E-state index contributed by atoms with van der Waals surface area (Å²) in [6.45, 7) is 2.09. The largest absolute Gasteiger partial charge is 0.616 e. The van der Waals surface area contributed by atoms with Gasteiger partial charge in [0, 0.05) is 7.11 Å². The van der Waals surface area contributed by atoms with Gasteiger partial charge in [-0.2, -0.15) is 0 Å². The normalized spacial score (nSPS) is 36.5. The smallest absolute Gasteiger partial charge is 0.378 e. The summed E-state index contributed by atoms with van der Waals surface area (Å²) >= 11 is -0.906. The Morgan fingerprint density at radius 3 is 2.92 bits per heavy atom. The molecule has 0 amide bonds. The SMILES string of the molecule is CC[S+]([O-])CC1CO[P](O)(OC)O1. The number of hydrogen-bond donors (Lipinski definition) is 1. The lowest BCUT2D eigenvalue weighted by Gasteiger charge is -2.18. The van der Waals surface area contributed by atoms with Gasteiger partial charge in [-0.05, 0) is 6.92 Å². The summed E-state index contributed by atoms with van der Waals surface area (Å²) in [6.07, 6.45) is -0.306. The van der Waals surface area contributed by atoms with Crippen molar-refractivity contribution in [1.82, 2.24) is 0 Å². The highest BCUT2D eigenvalue weighted by Crippen LogP contribution is 2.62. The maximum atomic E-state index is 11.1. The Bertz CT molecular complexity index is 171. The average molecular weight is 229 g/mol. The lowest BCUT2D eigenvalue weighted by molar-refractivity contribution is 0.172. The molecule has 0 aliphatic carbocycles. The second kappa shape index (κ2) is 4.89. The van der Waals surface area contributed by atoms with Gasteiger partial charge in [-0.15, -0.1) is 0 Å². The molecule has 0 aromatic rings.